The molecule has 7 nitrogen and oxygen atoms in total. The maximum Gasteiger partial charge on any atom is 0.191 e. The van der Waals surface area contributed by atoms with Gasteiger partial charge in [0.05, 0.1) is 11.9 Å². The molecule has 26 heavy (non-hydrogen) atoms. The molecule has 2 heterocycles. The Bertz CT molecular complexity index is 716. The van der Waals surface area contributed by atoms with Crippen LogP contribution >= 0.6 is 12.2 Å². The zero-order valence-corrected chi connectivity index (χ0v) is 16.2. The zero-order chi connectivity index (χ0) is 19.8. The number of nitrogens with one attached hydrogen (secondary N) is 1. The average Bonchev–Trinajstić information content (AvgIpc) is 3.34. The van der Waals surface area contributed by atoms with Crippen molar-refractivity contribution in [1.82, 2.24) is 19.9 Å². The van der Waals surface area contributed by atoms with Crippen LogP contribution in [0.4, 0.5) is 0 Å². The summed E-state index contributed by atoms with van der Waals surface area (Å²) in [7, 11) is 0. The number of oxime groups is 1. The van der Waals surface area contributed by atoms with Crippen LogP contribution in [0.15, 0.2) is 60.8 Å². The van der Waals surface area contributed by atoms with E-state index in [0.29, 0.717) is 5.69 Å². The number of nitrogens with two attached hydrogens (primary N) is 1. The van der Waals surface area contributed by atoms with Gasteiger partial charge in [-0.25, -0.2) is 4.98 Å². The Morgan fingerprint density at radius 2 is 2.15 bits per heavy atom. The lowest BCUT2D eigenvalue weighted by Crippen LogP contribution is -2.17. The third-order valence-electron chi connectivity index (χ3n) is 2.51. The van der Waals surface area contributed by atoms with E-state index < -0.39 is 0 Å². The van der Waals surface area contributed by atoms with Crippen LogP contribution < -0.4 is 10.7 Å². The van der Waals surface area contributed by atoms with E-state index in [1.807, 2.05) is 25.2 Å². The van der Waals surface area contributed by atoms with Crippen LogP contribution in [0, 0.1) is 0 Å². The molecule has 2 aromatic heterocycles. The van der Waals surface area contributed by atoms with Gasteiger partial charge in [0.1, 0.15) is 12.0 Å². The lowest BCUT2D eigenvalue weighted by molar-refractivity contribution is 0.118. The summed E-state index contributed by atoms with van der Waals surface area (Å²) in [6.07, 6.45) is 13.3. The van der Waals surface area contributed by atoms with Crippen molar-refractivity contribution in [2.75, 3.05) is 0 Å². The first-order chi connectivity index (χ1) is 12.7. The molecule has 0 atom stereocenters. The van der Waals surface area contributed by atoms with Gasteiger partial charge in [-0.3, -0.25) is 10.0 Å². The lowest BCUT2D eigenvalue weighted by Gasteiger charge is -1.98. The zero-order valence-electron chi connectivity index (χ0n) is 15.4. The molecular formula is C18H26N6OS. The highest BCUT2D eigenvalue weighted by molar-refractivity contribution is 7.77. The monoisotopic (exact) mass is 374 g/mol. The van der Waals surface area contributed by atoms with Crippen LogP contribution in [-0.2, 0) is 0 Å². The minimum absolute atomic E-state index is 0.181. The second-order valence-corrected chi connectivity index (χ2v) is 4.71. The Kier molecular flexibility index (Phi) is 12.7. The van der Waals surface area contributed by atoms with Crippen LogP contribution in [0.1, 0.15) is 38.6 Å². The topological polar surface area (TPSA) is 94.1 Å². The molecule has 0 amide bonds. The number of amidine groups is 1. The number of aromatic amines is 1. The van der Waals surface area contributed by atoms with E-state index in [1.165, 1.54) is 17.5 Å². The first kappa shape index (κ1) is 23.0. The summed E-state index contributed by atoms with van der Waals surface area (Å²) in [6.45, 7) is 9.86. The highest BCUT2D eigenvalue weighted by Gasteiger charge is 2.07. The summed E-state index contributed by atoms with van der Waals surface area (Å²) in [5.74, 6) is 3.01. The SMILES string of the molecule is C=C/C=C(\C=C/C)c1cc(/C(N)=N/On2ccnc2)[nH]n1.C=S.CCC. The Labute approximate surface area is 159 Å². The van der Waals surface area contributed by atoms with Crippen molar-refractivity contribution in [2.24, 2.45) is 10.9 Å². The van der Waals surface area contributed by atoms with Crippen LogP contribution in [0.5, 0.6) is 0 Å². The smallest absolute Gasteiger partial charge is 0.191 e. The molecule has 0 saturated heterocycles. The Morgan fingerprint density at radius 1 is 1.46 bits per heavy atom. The van der Waals surface area contributed by atoms with Gasteiger partial charge in [-0.1, -0.05) is 63.4 Å². The number of H-pyrrole nitrogens is 1. The molecule has 3 N–H and O–H groups in total. The van der Waals surface area contributed by atoms with E-state index in [1.54, 1.807) is 24.5 Å². The van der Waals surface area contributed by atoms with Crippen molar-refractivity contribution in [3.8, 4) is 0 Å². The molecule has 0 fully saturated rings. The van der Waals surface area contributed by atoms with Gasteiger partial charge in [-0.15, -0.1) is 4.73 Å². The second kappa shape index (κ2) is 14.4. The van der Waals surface area contributed by atoms with E-state index in [4.69, 9.17) is 10.7 Å². The van der Waals surface area contributed by atoms with Crippen LogP contribution in [0.25, 0.3) is 5.57 Å². The second-order valence-electron chi connectivity index (χ2n) is 4.71. The molecule has 0 saturated carbocycles. The standard InChI is InChI=1S/C14H16N6O.C3H8.CH2S/c1-3-5-11(6-4-2)12-9-13(18-17-12)14(15)19-21-20-8-7-16-10-20;1-3-2;1-2/h3-10H,1H2,2H3,(H2,15,19)(H,17,18);3H2,1-2H3;1H2/b6-4-,11-5+;;. The van der Waals surface area contributed by atoms with E-state index >= 15 is 0 Å². The molecular weight excluding hydrogens is 348 g/mol. The predicted molar refractivity (Wildman–Crippen MR) is 112 cm³/mol. The largest absolute Gasteiger partial charge is 0.379 e. The molecule has 0 aliphatic carbocycles. The summed E-state index contributed by atoms with van der Waals surface area (Å²) in [6, 6.07) is 1.78. The number of hydrogen-bond acceptors (Lipinski definition) is 5. The number of hydrogen-bond donors (Lipinski definition) is 2. The highest BCUT2D eigenvalue weighted by Crippen LogP contribution is 2.14. The summed E-state index contributed by atoms with van der Waals surface area (Å²) in [5, 5.41) is 10.8. The third-order valence-corrected chi connectivity index (χ3v) is 2.51. The van der Waals surface area contributed by atoms with Gasteiger partial charge in [-0.05, 0) is 24.0 Å². The fraction of sp³-hybridized carbons (Fsp3) is 0.222. The third kappa shape index (κ3) is 8.20. The number of imidazole rings is 1. The first-order valence-electron chi connectivity index (χ1n) is 7.95. The van der Waals surface area contributed by atoms with E-state index in [0.717, 1.165) is 11.3 Å². The Balaban J connectivity index is 0.00000113. The molecule has 0 bridgehead atoms. The normalized spacial score (nSPS) is 11.2. The molecule has 2 rings (SSSR count). The molecule has 8 heteroatoms. The van der Waals surface area contributed by atoms with Gasteiger partial charge in [0.15, 0.2) is 5.84 Å². The minimum Gasteiger partial charge on any atom is -0.379 e. The van der Waals surface area contributed by atoms with Crippen molar-refractivity contribution >= 4 is 29.5 Å². The number of nitrogens with zero attached hydrogens (tertiary/aromatic N) is 4. The van der Waals surface area contributed by atoms with Gasteiger partial charge in [0.2, 0.25) is 0 Å². The van der Waals surface area contributed by atoms with Crippen molar-refractivity contribution in [1.29, 1.82) is 0 Å². The molecule has 140 valence electrons. The summed E-state index contributed by atoms with van der Waals surface area (Å²) >= 11 is 3.83. The van der Waals surface area contributed by atoms with Gasteiger partial charge < -0.3 is 5.73 Å². The summed E-state index contributed by atoms with van der Waals surface area (Å²) in [5.41, 5.74) is 8.05. The number of aromatic nitrogens is 4. The summed E-state index contributed by atoms with van der Waals surface area (Å²) in [4.78, 5) is 8.88. The van der Waals surface area contributed by atoms with Gasteiger partial charge >= 0.3 is 0 Å². The van der Waals surface area contributed by atoms with Crippen LogP contribution in [0.2, 0.25) is 0 Å². The van der Waals surface area contributed by atoms with Gasteiger partial charge in [-0.2, -0.15) is 5.10 Å². The Hall–Kier alpha value is -3.00. The minimum atomic E-state index is 0.181. The molecule has 0 spiro atoms. The highest BCUT2D eigenvalue weighted by atomic mass is 32.1. The van der Waals surface area contributed by atoms with Gasteiger partial charge in [0.25, 0.3) is 0 Å². The van der Waals surface area contributed by atoms with E-state index in [2.05, 4.69) is 58.9 Å². The fourth-order valence-corrected chi connectivity index (χ4v) is 1.57. The number of allylic oxidation sites excluding steroid dienone is 5. The molecule has 0 aliphatic rings. The number of rotatable bonds is 6. The van der Waals surface area contributed by atoms with E-state index in [-0.39, 0.29) is 5.84 Å². The predicted octanol–water partition coefficient (Wildman–Crippen LogP) is 3.53. The van der Waals surface area contributed by atoms with Crippen molar-refractivity contribution < 1.29 is 4.94 Å². The fourth-order valence-electron chi connectivity index (χ4n) is 1.57. The van der Waals surface area contributed by atoms with Crippen molar-refractivity contribution in [3.05, 3.63) is 67.1 Å². The van der Waals surface area contributed by atoms with Gasteiger partial charge in [0, 0.05) is 11.8 Å². The average molecular weight is 375 g/mol. The van der Waals surface area contributed by atoms with Crippen molar-refractivity contribution in [3.63, 3.8) is 0 Å². The summed E-state index contributed by atoms with van der Waals surface area (Å²) < 4.78 is 1.33. The number of thiocarbonyl (C=S) groups is 1. The lowest BCUT2D eigenvalue weighted by atomic mass is 10.1. The maximum atomic E-state index is 5.84. The van der Waals surface area contributed by atoms with Crippen molar-refractivity contribution in [2.45, 2.75) is 27.2 Å². The Morgan fingerprint density at radius 3 is 2.69 bits per heavy atom. The molecule has 0 unspecified atom stereocenters. The quantitative estimate of drug-likeness (QED) is 0.265. The first-order valence-corrected chi connectivity index (χ1v) is 8.53. The van der Waals surface area contributed by atoms with Crippen LogP contribution in [-0.4, -0.2) is 31.6 Å². The molecule has 0 aliphatic heterocycles. The van der Waals surface area contributed by atoms with Crippen LogP contribution in [0.3, 0.4) is 0 Å². The maximum absolute atomic E-state index is 5.84. The molecule has 0 radical (unpaired) electrons. The molecule has 2 aromatic rings. The van der Waals surface area contributed by atoms with E-state index in [9.17, 15) is 0 Å². The molecule has 0 aromatic carbocycles.